The molecule has 2 fully saturated rings. The number of benzene rings is 1. The van der Waals surface area contributed by atoms with E-state index in [1.54, 1.807) is 6.07 Å². The molecule has 194 valence electrons. The van der Waals surface area contributed by atoms with E-state index in [9.17, 15) is 4.79 Å². The third-order valence-electron chi connectivity index (χ3n) is 7.56. The van der Waals surface area contributed by atoms with Gasteiger partial charge < -0.3 is 0 Å². The molecule has 1 aromatic carbocycles. The molecular weight excluding hydrogens is 549 g/mol. The first-order valence-electron chi connectivity index (χ1n) is 13.6. The van der Waals surface area contributed by atoms with Crippen LogP contribution in [0.2, 0.25) is 0 Å². The molecule has 2 bridgehead atoms. The normalized spacial score (nSPS) is 24.3. The topological polar surface area (TPSA) is 67.2 Å². The van der Waals surface area contributed by atoms with Crippen molar-refractivity contribution in [3.63, 3.8) is 0 Å². The Morgan fingerprint density at radius 2 is 1.54 bits per heavy atom. The van der Waals surface area contributed by atoms with E-state index in [1.807, 2.05) is 12.1 Å². The fourth-order valence-electron chi connectivity index (χ4n) is 5.43. The molecule has 2 aliphatic carbocycles. The quantitative estimate of drug-likeness (QED) is 0.380. The first-order valence-corrected chi connectivity index (χ1v) is 16.0. The summed E-state index contributed by atoms with van der Waals surface area (Å²) in [5, 5.41) is 9.65. The molecule has 2 aliphatic rings. The van der Waals surface area contributed by atoms with Crippen LogP contribution < -0.4 is 31.8 Å². The van der Waals surface area contributed by atoms with Gasteiger partial charge in [-0.2, -0.15) is 0 Å². The summed E-state index contributed by atoms with van der Waals surface area (Å²) in [5.74, 6) is 3.09. The average molecular weight is 593 g/mol. The Balaban J connectivity index is 1.30. The van der Waals surface area contributed by atoms with Gasteiger partial charge in [0.2, 0.25) is 0 Å². The Kier molecular flexibility index (Phi) is 9.53. The number of rotatable bonds is 4. The average Bonchev–Trinajstić information content (AvgIpc) is 3.26. The van der Waals surface area contributed by atoms with Crippen molar-refractivity contribution in [2.75, 3.05) is 10.6 Å². The van der Waals surface area contributed by atoms with Crippen LogP contribution in [0.4, 0.5) is 16.3 Å². The van der Waals surface area contributed by atoms with E-state index in [2.05, 4.69) is 48.7 Å². The van der Waals surface area contributed by atoms with Gasteiger partial charge >= 0.3 is 223 Å². The molecule has 5 nitrogen and oxygen atoms in total. The van der Waals surface area contributed by atoms with Crippen LogP contribution in [-0.2, 0) is 5.41 Å². The monoisotopic (exact) mass is 592 g/mol. The predicted molar refractivity (Wildman–Crippen MR) is 139 cm³/mol. The van der Waals surface area contributed by atoms with Crippen LogP contribution in [0.5, 0.6) is 0 Å². The number of nitrogens with one attached hydrogen (secondary N) is 2. The molecule has 2 amide bonds. The van der Waals surface area contributed by atoms with E-state index in [0.717, 1.165) is 27.2 Å². The van der Waals surface area contributed by atoms with Crippen LogP contribution in [0.25, 0.3) is 0 Å². The van der Waals surface area contributed by atoms with Crippen LogP contribution in [0.1, 0.15) is 104 Å². The fraction of sp³-hybridized carbons (Fsp3) is 0.655. The van der Waals surface area contributed by atoms with Crippen LogP contribution in [-0.4, -0.2) is 15.1 Å². The Morgan fingerprint density at radius 3 is 2.26 bits per heavy atom. The summed E-state index contributed by atoms with van der Waals surface area (Å²) in [5.41, 5.74) is 0.665. The molecule has 2 aromatic rings. The fourth-order valence-corrected chi connectivity index (χ4v) is 8.86. The number of nitrogens with zero attached hydrogens (tertiary/aromatic N) is 1. The van der Waals surface area contributed by atoms with Crippen LogP contribution in [0.3, 0.4) is 0 Å². The number of amides is 2. The van der Waals surface area contributed by atoms with Crippen LogP contribution >= 0.6 is 0 Å². The van der Waals surface area contributed by atoms with Gasteiger partial charge in [-0.25, -0.2) is 0 Å². The Labute approximate surface area is 221 Å². The number of hydrogen-bond donors (Lipinski definition) is 2. The van der Waals surface area contributed by atoms with Crippen molar-refractivity contribution >= 4 is 17.5 Å². The number of anilines is 2. The van der Waals surface area contributed by atoms with E-state index >= 15 is 0 Å². The number of hydrogen-bond acceptors (Lipinski definition) is 3. The summed E-state index contributed by atoms with van der Waals surface area (Å²) in [4.78, 5) is 12.4. The van der Waals surface area contributed by atoms with E-state index in [0.29, 0.717) is 5.82 Å². The predicted octanol–water partition coefficient (Wildman–Crippen LogP) is 5.18. The first-order chi connectivity index (χ1) is 16.8. The molecule has 0 radical (unpaired) electrons. The molecule has 3 unspecified atom stereocenters. The van der Waals surface area contributed by atoms with Gasteiger partial charge in [0, 0.05) is 0 Å². The molecule has 2 N–H and O–H groups in total. The molecule has 0 spiro atoms. The molecule has 0 aliphatic heterocycles. The van der Waals surface area contributed by atoms with E-state index in [4.69, 9.17) is 4.52 Å². The maximum atomic E-state index is 12.4. The molecular formula is C29H43IN3O2-. The van der Waals surface area contributed by atoms with Gasteiger partial charge in [-0.05, 0) is 0 Å². The molecule has 4 rings (SSSR count). The van der Waals surface area contributed by atoms with Crippen molar-refractivity contribution in [3.05, 3.63) is 39.7 Å². The minimum atomic E-state index is -0.299. The Morgan fingerprint density at radius 1 is 0.886 bits per heavy atom. The minimum absolute atomic E-state index is 0.0147. The number of carbonyl (C=O) groups is 1. The van der Waals surface area contributed by atoms with Gasteiger partial charge in [0.05, 0.1) is 0 Å². The number of urea groups is 1. The van der Waals surface area contributed by atoms with Gasteiger partial charge in [0.15, 0.2) is 0 Å². The molecule has 3 atom stereocenters. The summed E-state index contributed by atoms with van der Waals surface area (Å²) in [6.45, 7) is 6.15. The van der Waals surface area contributed by atoms with Crippen molar-refractivity contribution in [2.45, 2.75) is 107 Å². The zero-order chi connectivity index (χ0) is 24.7. The first kappa shape index (κ1) is 26.5. The van der Waals surface area contributed by atoms with Gasteiger partial charge in [-0.1, -0.05) is 0 Å². The Hall–Kier alpha value is -1.57. The molecule has 0 saturated heterocycles. The summed E-state index contributed by atoms with van der Waals surface area (Å²) in [7, 11) is 0. The van der Waals surface area contributed by atoms with E-state index < -0.39 is 0 Å². The zero-order valence-corrected chi connectivity index (χ0v) is 23.9. The van der Waals surface area contributed by atoms with Crippen LogP contribution in [0.15, 0.2) is 34.9 Å². The SMILES string of the molecule is CC(C)(C)c1cc(NC(=O)Nc2ccc([I-]C3CCC4CCCCCCCC(CC4)C3)cc2)no1. The molecule has 6 heteroatoms. The number of aromatic nitrogens is 1. The number of halogens is 1. The van der Waals surface area contributed by atoms with Gasteiger partial charge in [0.25, 0.3) is 0 Å². The Bertz CT molecular complexity index is 934. The molecule has 1 heterocycles. The summed E-state index contributed by atoms with van der Waals surface area (Å²) < 4.78 is 7.74. The molecule has 35 heavy (non-hydrogen) atoms. The second-order valence-corrected chi connectivity index (χ2v) is 15.2. The van der Waals surface area contributed by atoms with Gasteiger partial charge in [-0.15, -0.1) is 0 Å². The summed E-state index contributed by atoms with van der Waals surface area (Å²) in [6.07, 6.45) is 17.4. The number of carbonyl (C=O) groups excluding carboxylic acids is 1. The van der Waals surface area contributed by atoms with E-state index in [-0.39, 0.29) is 32.7 Å². The van der Waals surface area contributed by atoms with E-state index in [1.165, 1.54) is 80.6 Å². The van der Waals surface area contributed by atoms with Crippen molar-refractivity contribution in [3.8, 4) is 0 Å². The van der Waals surface area contributed by atoms with Gasteiger partial charge in [-0.3, -0.25) is 0 Å². The number of fused-ring (bicyclic) bond motifs is 3. The standard InChI is InChI=1S/C29H43IN3O2/c1-29(2,3)26-20-27(33-35-26)32-28(34)31-25-17-15-23(16-18-25)30-24-14-13-21-9-7-5-4-6-8-10-22(19-24)12-11-21/h15-18,20-22,24H,4-14,19H2,1-3H3,(H2,31,32,33,34)/q-1. The number of alkyl halides is 1. The van der Waals surface area contributed by atoms with Gasteiger partial charge in [0.1, 0.15) is 0 Å². The summed E-state index contributed by atoms with van der Waals surface area (Å²) >= 11 is -0.0147. The molecule has 1 aromatic heterocycles. The third kappa shape index (κ3) is 8.50. The van der Waals surface area contributed by atoms with Crippen molar-refractivity contribution in [1.82, 2.24) is 5.16 Å². The maximum absolute atomic E-state index is 12.4. The van der Waals surface area contributed by atoms with Crippen molar-refractivity contribution < 1.29 is 30.5 Å². The zero-order valence-electron chi connectivity index (χ0n) is 21.7. The van der Waals surface area contributed by atoms with Crippen molar-refractivity contribution in [1.29, 1.82) is 0 Å². The van der Waals surface area contributed by atoms with Crippen molar-refractivity contribution in [2.24, 2.45) is 11.8 Å². The third-order valence-corrected chi connectivity index (χ3v) is 11.0. The second kappa shape index (κ2) is 12.6. The summed E-state index contributed by atoms with van der Waals surface area (Å²) in [6, 6.07) is 10.0. The molecule has 2 saturated carbocycles. The van der Waals surface area contributed by atoms with Crippen LogP contribution in [0, 0.1) is 15.4 Å². The second-order valence-electron chi connectivity index (χ2n) is 11.6.